The first kappa shape index (κ1) is 18.5. The Bertz CT molecular complexity index is 658. The molecule has 0 bridgehead atoms. The molecule has 2 N–H and O–H groups in total. The molecule has 2 aliphatic rings. The summed E-state index contributed by atoms with van der Waals surface area (Å²) < 4.78 is 10.6. The molecule has 1 saturated carbocycles. The molecule has 1 aromatic rings. The van der Waals surface area contributed by atoms with Crippen molar-refractivity contribution in [3.05, 3.63) is 23.8 Å². The van der Waals surface area contributed by atoms with Crippen LogP contribution in [0.2, 0.25) is 0 Å². The standard InChI is InChI=1S/C20H28N2O4/c1-25-17-13-15(5-6-16(17)26-14-18(21)23)19(24)22-11-9-20(10-12-22)7-3-2-4-8-20/h5-6,13H,2-4,7-12,14H2,1H3,(H2,21,23). The number of hydrogen-bond acceptors (Lipinski definition) is 4. The summed E-state index contributed by atoms with van der Waals surface area (Å²) in [5.41, 5.74) is 6.15. The predicted molar refractivity (Wildman–Crippen MR) is 98.3 cm³/mol. The maximum absolute atomic E-state index is 12.9. The molecule has 0 aromatic heterocycles. The number of primary amides is 1. The van der Waals surface area contributed by atoms with E-state index >= 15 is 0 Å². The van der Waals surface area contributed by atoms with E-state index in [0.29, 0.717) is 22.5 Å². The van der Waals surface area contributed by atoms with Crippen LogP contribution >= 0.6 is 0 Å². The molecule has 0 unspecified atom stereocenters. The topological polar surface area (TPSA) is 81.9 Å². The lowest BCUT2D eigenvalue weighted by Crippen LogP contribution is -2.43. The van der Waals surface area contributed by atoms with Gasteiger partial charge in [0.2, 0.25) is 0 Å². The van der Waals surface area contributed by atoms with Crippen LogP contribution in [0.5, 0.6) is 11.5 Å². The molecule has 1 saturated heterocycles. The maximum atomic E-state index is 12.9. The zero-order chi connectivity index (χ0) is 18.6. The minimum Gasteiger partial charge on any atom is -0.493 e. The number of carbonyl (C=O) groups is 2. The molecule has 2 amide bonds. The van der Waals surface area contributed by atoms with E-state index in [1.807, 2.05) is 4.90 Å². The maximum Gasteiger partial charge on any atom is 0.255 e. The largest absolute Gasteiger partial charge is 0.493 e. The molecule has 3 rings (SSSR count). The number of hydrogen-bond donors (Lipinski definition) is 1. The number of methoxy groups -OCH3 is 1. The summed E-state index contributed by atoms with van der Waals surface area (Å²) in [5.74, 6) is 0.299. The molecule has 0 radical (unpaired) electrons. The van der Waals surface area contributed by atoms with Gasteiger partial charge in [-0.3, -0.25) is 9.59 Å². The van der Waals surface area contributed by atoms with Crippen LogP contribution in [-0.2, 0) is 4.79 Å². The second-order valence-electron chi connectivity index (χ2n) is 7.47. The number of ether oxygens (including phenoxy) is 2. The van der Waals surface area contributed by atoms with E-state index in [9.17, 15) is 9.59 Å². The number of likely N-dealkylation sites (tertiary alicyclic amines) is 1. The van der Waals surface area contributed by atoms with Crippen molar-refractivity contribution in [3.8, 4) is 11.5 Å². The van der Waals surface area contributed by atoms with Crippen molar-refractivity contribution in [1.29, 1.82) is 0 Å². The van der Waals surface area contributed by atoms with Gasteiger partial charge in [0.05, 0.1) is 7.11 Å². The van der Waals surface area contributed by atoms with Crippen LogP contribution in [0.15, 0.2) is 18.2 Å². The van der Waals surface area contributed by atoms with Crippen LogP contribution in [-0.4, -0.2) is 43.5 Å². The van der Waals surface area contributed by atoms with Crippen molar-refractivity contribution in [2.24, 2.45) is 11.1 Å². The van der Waals surface area contributed by atoms with Gasteiger partial charge < -0.3 is 20.1 Å². The Balaban J connectivity index is 1.65. The van der Waals surface area contributed by atoms with Crippen molar-refractivity contribution < 1.29 is 19.1 Å². The highest BCUT2D eigenvalue weighted by Crippen LogP contribution is 2.44. The lowest BCUT2D eigenvalue weighted by molar-refractivity contribution is -0.119. The number of nitrogens with two attached hydrogens (primary N) is 1. The zero-order valence-electron chi connectivity index (χ0n) is 15.5. The molecule has 1 aliphatic heterocycles. The highest BCUT2D eigenvalue weighted by atomic mass is 16.5. The van der Waals surface area contributed by atoms with Crippen LogP contribution in [0.3, 0.4) is 0 Å². The highest BCUT2D eigenvalue weighted by Gasteiger charge is 2.36. The zero-order valence-corrected chi connectivity index (χ0v) is 15.5. The summed E-state index contributed by atoms with van der Waals surface area (Å²) >= 11 is 0. The Morgan fingerprint density at radius 1 is 1.08 bits per heavy atom. The first-order valence-corrected chi connectivity index (χ1v) is 9.41. The SMILES string of the molecule is COc1cc(C(=O)N2CCC3(CCCCC3)CC2)ccc1OCC(N)=O. The fourth-order valence-corrected chi connectivity index (χ4v) is 4.24. The van der Waals surface area contributed by atoms with Gasteiger partial charge in [0, 0.05) is 18.7 Å². The van der Waals surface area contributed by atoms with Gasteiger partial charge in [0.15, 0.2) is 18.1 Å². The fourth-order valence-electron chi connectivity index (χ4n) is 4.24. The number of carbonyl (C=O) groups excluding carboxylic acids is 2. The second kappa shape index (κ2) is 7.98. The van der Waals surface area contributed by atoms with Gasteiger partial charge in [0.25, 0.3) is 11.8 Å². The van der Waals surface area contributed by atoms with Crippen LogP contribution in [0.25, 0.3) is 0 Å². The third-order valence-corrected chi connectivity index (χ3v) is 5.81. The molecule has 6 heteroatoms. The minimum absolute atomic E-state index is 0.0235. The second-order valence-corrected chi connectivity index (χ2v) is 7.47. The fraction of sp³-hybridized carbons (Fsp3) is 0.600. The molecule has 0 atom stereocenters. The summed E-state index contributed by atoms with van der Waals surface area (Å²) in [5, 5.41) is 0. The Morgan fingerprint density at radius 3 is 2.38 bits per heavy atom. The number of benzene rings is 1. The quantitative estimate of drug-likeness (QED) is 0.875. The van der Waals surface area contributed by atoms with Gasteiger partial charge in [-0.1, -0.05) is 19.3 Å². The smallest absolute Gasteiger partial charge is 0.255 e. The number of rotatable bonds is 5. The average Bonchev–Trinajstić information content (AvgIpc) is 2.67. The Hall–Kier alpha value is -2.24. The predicted octanol–water partition coefficient (Wildman–Crippen LogP) is 2.75. The number of piperidine rings is 1. The molecule has 26 heavy (non-hydrogen) atoms. The van der Waals surface area contributed by atoms with E-state index in [1.54, 1.807) is 18.2 Å². The van der Waals surface area contributed by atoms with Crippen molar-refractivity contribution in [3.63, 3.8) is 0 Å². The van der Waals surface area contributed by atoms with Gasteiger partial charge in [-0.15, -0.1) is 0 Å². The van der Waals surface area contributed by atoms with E-state index in [1.165, 1.54) is 39.2 Å². The molecular weight excluding hydrogens is 332 g/mol. The van der Waals surface area contributed by atoms with Crippen molar-refractivity contribution in [2.75, 3.05) is 26.8 Å². The monoisotopic (exact) mass is 360 g/mol. The lowest BCUT2D eigenvalue weighted by atomic mass is 9.68. The van der Waals surface area contributed by atoms with E-state index in [2.05, 4.69) is 0 Å². The van der Waals surface area contributed by atoms with Gasteiger partial charge >= 0.3 is 0 Å². The third kappa shape index (κ3) is 4.11. The van der Waals surface area contributed by atoms with Gasteiger partial charge in [0.1, 0.15) is 0 Å². The van der Waals surface area contributed by atoms with Crippen LogP contribution in [0.1, 0.15) is 55.3 Å². The Kier molecular flexibility index (Phi) is 5.69. The van der Waals surface area contributed by atoms with E-state index in [-0.39, 0.29) is 12.5 Å². The summed E-state index contributed by atoms with van der Waals surface area (Å²) in [6.07, 6.45) is 8.86. The van der Waals surface area contributed by atoms with Crippen molar-refractivity contribution in [2.45, 2.75) is 44.9 Å². The minimum atomic E-state index is -0.558. The van der Waals surface area contributed by atoms with E-state index < -0.39 is 5.91 Å². The lowest BCUT2D eigenvalue weighted by Gasteiger charge is -2.44. The summed E-state index contributed by atoms with van der Waals surface area (Å²) in [4.78, 5) is 25.7. The Morgan fingerprint density at radius 2 is 1.77 bits per heavy atom. The van der Waals surface area contributed by atoms with E-state index in [4.69, 9.17) is 15.2 Å². The van der Waals surface area contributed by atoms with Crippen LogP contribution < -0.4 is 15.2 Å². The number of amides is 2. The molecule has 1 aromatic carbocycles. The van der Waals surface area contributed by atoms with Gasteiger partial charge in [-0.25, -0.2) is 0 Å². The highest BCUT2D eigenvalue weighted by molar-refractivity contribution is 5.95. The molecular formula is C20H28N2O4. The van der Waals surface area contributed by atoms with Gasteiger partial charge in [-0.2, -0.15) is 0 Å². The first-order valence-electron chi connectivity index (χ1n) is 9.41. The average molecular weight is 360 g/mol. The summed E-state index contributed by atoms with van der Waals surface area (Å²) in [6, 6.07) is 5.04. The van der Waals surface area contributed by atoms with Crippen molar-refractivity contribution >= 4 is 11.8 Å². The molecule has 1 heterocycles. The molecule has 142 valence electrons. The normalized spacial score (nSPS) is 19.2. The summed E-state index contributed by atoms with van der Waals surface area (Å²) in [6.45, 7) is 1.42. The molecule has 6 nitrogen and oxygen atoms in total. The molecule has 1 spiro atoms. The van der Waals surface area contributed by atoms with E-state index in [0.717, 1.165) is 25.9 Å². The third-order valence-electron chi connectivity index (χ3n) is 5.81. The van der Waals surface area contributed by atoms with Crippen LogP contribution in [0, 0.1) is 5.41 Å². The molecule has 1 aliphatic carbocycles. The number of nitrogens with zero attached hydrogens (tertiary/aromatic N) is 1. The van der Waals surface area contributed by atoms with Gasteiger partial charge in [-0.05, 0) is 49.3 Å². The summed E-state index contributed by atoms with van der Waals surface area (Å²) in [7, 11) is 1.51. The first-order chi connectivity index (χ1) is 12.5. The molecule has 2 fully saturated rings. The van der Waals surface area contributed by atoms with Crippen LogP contribution in [0.4, 0.5) is 0 Å². The Labute approximate surface area is 154 Å². The van der Waals surface area contributed by atoms with Crippen molar-refractivity contribution in [1.82, 2.24) is 4.90 Å².